The van der Waals surface area contributed by atoms with Gasteiger partial charge in [0.25, 0.3) is 0 Å². The van der Waals surface area contributed by atoms with Gasteiger partial charge in [0.2, 0.25) is 0 Å². The predicted octanol–water partition coefficient (Wildman–Crippen LogP) is 0.114. The monoisotopic (exact) mass is 154 g/mol. The number of aldehydes is 1. The van der Waals surface area contributed by atoms with Gasteiger partial charge in [-0.1, -0.05) is 0 Å². The molecule has 60 valence electrons. The van der Waals surface area contributed by atoms with E-state index in [9.17, 15) is 9.59 Å². The van der Waals surface area contributed by atoms with Crippen LogP contribution in [0.15, 0.2) is 12.3 Å². The van der Waals surface area contributed by atoms with Crippen LogP contribution in [0.5, 0.6) is 0 Å². The zero-order valence-electron chi connectivity index (χ0n) is 6.12. The van der Waals surface area contributed by atoms with E-state index in [4.69, 9.17) is 0 Å². The van der Waals surface area contributed by atoms with Crippen molar-refractivity contribution in [2.24, 2.45) is 0 Å². The summed E-state index contributed by atoms with van der Waals surface area (Å²) in [4.78, 5) is 22.4. The van der Waals surface area contributed by atoms with Gasteiger partial charge < -0.3 is 15.0 Å². The minimum atomic E-state index is -0.130. The Kier molecular flexibility index (Phi) is 2.66. The molecule has 0 aromatic rings. The SMILES string of the molecule is O=CCCN1C=CCNC1=O. The van der Waals surface area contributed by atoms with Gasteiger partial charge in [-0.15, -0.1) is 0 Å². The molecule has 0 saturated carbocycles. The van der Waals surface area contributed by atoms with E-state index in [1.54, 1.807) is 6.20 Å². The van der Waals surface area contributed by atoms with Crippen molar-refractivity contribution in [3.8, 4) is 0 Å². The van der Waals surface area contributed by atoms with Gasteiger partial charge in [0.15, 0.2) is 0 Å². The molecule has 0 aromatic heterocycles. The number of nitrogens with one attached hydrogen (secondary N) is 1. The van der Waals surface area contributed by atoms with Crippen LogP contribution < -0.4 is 5.32 Å². The third-order valence-corrected chi connectivity index (χ3v) is 1.41. The molecular formula is C7H10N2O2. The van der Waals surface area contributed by atoms with Crippen LogP contribution in [0.4, 0.5) is 4.79 Å². The van der Waals surface area contributed by atoms with Crippen molar-refractivity contribution in [1.29, 1.82) is 0 Å². The van der Waals surface area contributed by atoms with Gasteiger partial charge in [-0.25, -0.2) is 4.79 Å². The molecule has 0 bridgehead atoms. The Balaban J connectivity index is 2.41. The van der Waals surface area contributed by atoms with Gasteiger partial charge in [-0.2, -0.15) is 0 Å². The van der Waals surface area contributed by atoms with E-state index < -0.39 is 0 Å². The largest absolute Gasteiger partial charge is 0.334 e. The van der Waals surface area contributed by atoms with Crippen LogP contribution in [0, 0.1) is 0 Å². The second-order valence-corrected chi connectivity index (χ2v) is 2.22. The van der Waals surface area contributed by atoms with Crippen LogP contribution in [0.2, 0.25) is 0 Å². The molecule has 1 rings (SSSR count). The van der Waals surface area contributed by atoms with Crippen molar-refractivity contribution in [3.63, 3.8) is 0 Å². The van der Waals surface area contributed by atoms with Gasteiger partial charge >= 0.3 is 6.03 Å². The number of carbonyl (C=O) groups is 2. The molecule has 1 aliphatic heterocycles. The lowest BCUT2D eigenvalue weighted by atomic mass is 10.4. The van der Waals surface area contributed by atoms with Crippen LogP contribution in [-0.2, 0) is 4.79 Å². The predicted molar refractivity (Wildman–Crippen MR) is 39.9 cm³/mol. The normalized spacial score (nSPS) is 16.4. The fourth-order valence-corrected chi connectivity index (χ4v) is 0.863. The van der Waals surface area contributed by atoms with Crippen molar-refractivity contribution in [2.45, 2.75) is 6.42 Å². The average Bonchev–Trinajstić information content (AvgIpc) is 2.03. The zero-order chi connectivity index (χ0) is 8.10. The Bertz CT molecular complexity index is 189. The summed E-state index contributed by atoms with van der Waals surface area (Å²) in [6.45, 7) is 1.04. The quantitative estimate of drug-likeness (QED) is 0.587. The minimum absolute atomic E-state index is 0.130. The van der Waals surface area contributed by atoms with Crippen LogP contribution >= 0.6 is 0 Å². The fraction of sp³-hybridized carbons (Fsp3) is 0.429. The van der Waals surface area contributed by atoms with Crippen molar-refractivity contribution >= 4 is 12.3 Å². The summed E-state index contributed by atoms with van der Waals surface area (Å²) < 4.78 is 0. The van der Waals surface area contributed by atoms with E-state index in [0.717, 1.165) is 6.29 Å². The zero-order valence-corrected chi connectivity index (χ0v) is 6.12. The first-order valence-corrected chi connectivity index (χ1v) is 3.49. The molecule has 4 heteroatoms. The highest BCUT2D eigenvalue weighted by atomic mass is 16.2. The molecule has 0 aliphatic carbocycles. The highest BCUT2D eigenvalue weighted by molar-refractivity contribution is 5.76. The maximum atomic E-state index is 10.9. The molecule has 0 radical (unpaired) electrons. The molecule has 1 aliphatic rings. The van der Waals surface area contributed by atoms with E-state index in [1.807, 2.05) is 6.08 Å². The molecule has 11 heavy (non-hydrogen) atoms. The third-order valence-electron chi connectivity index (χ3n) is 1.41. The molecule has 1 N–H and O–H groups in total. The Morgan fingerprint density at radius 1 is 1.73 bits per heavy atom. The number of amides is 2. The first kappa shape index (κ1) is 7.78. The Labute approximate surface area is 64.9 Å². The molecule has 1 heterocycles. The average molecular weight is 154 g/mol. The van der Waals surface area contributed by atoms with Crippen molar-refractivity contribution < 1.29 is 9.59 Å². The number of hydrogen-bond donors (Lipinski definition) is 1. The molecule has 0 saturated heterocycles. The maximum Gasteiger partial charge on any atom is 0.321 e. The van der Waals surface area contributed by atoms with Gasteiger partial charge in [0.1, 0.15) is 6.29 Å². The van der Waals surface area contributed by atoms with Crippen LogP contribution in [0.3, 0.4) is 0 Å². The van der Waals surface area contributed by atoms with E-state index in [-0.39, 0.29) is 6.03 Å². The highest BCUT2D eigenvalue weighted by Gasteiger charge is 2.11. The minimum Gasteiger partial charge on any atom is -0.334 e. The number of hydrogen-bond acceptors (Lipinski definition) is 2. The van der Waals surface area contributed by atoms with Crippen LogP contribution in [-0.4, -0.2) is 30.3 Å². The summed E-state index contributed by atoms with van der Waals surface area (Å²) >= 11 is 0. The number of urea groups is 1. The van der Waals surface area contributed by atoms with Gasteiger partial charge in [0.05, 0.1) is 0 Å². The molecule has 0 spiro atoms. The molecule has 0 atom stereocenters. The standard InChI is InChI=1S/C7H10N2O2/c10-6-2-5-9-4-1-3-8-7(9)11/h1,4,6H,2-3,5H2,(H,8,11). The van der Waals surface area contributed by atoms with Gasteiger partial charge in [0, 0.05) is 25.7 Å². The van der Waals surface area contributed by atoms with Crippen molar-refractivity contribution in [3.05, 3.63) is 12.3 Å². The summed E-state index contributed by atoms with van der Waals surface area (Å²) in [7, 11) is 0. The van der Waals surface area contributed by atoms with Crippen molar-refractivity contribution in [2.75, 3.05) is 13.1 Å². The Hall–Kier alpha value is -1.32. The maximum absolute atomic E-state index is 10.9. The highest BCUT2D eigenvalue weighted by Crippen LogP contribution is 1.96. The van der Waals surface area contributed by atoms with E-state index in [0.29, 0.717) is 19.5 Å². The summed E-state index contributed by atoms with van der Waals surface area (Å²) in [5.74, 6) is 0. The van der Waals surface area contributed by atoms with Crippen LogP contribution in [0.25, 0.3) is 0 Å². The molecular weight excluding hydrogens is 144 g/mol. The first-order valence-electron chi connectivity index (χ1n) is 3.49. The lowest BCUT2D eigenvalue weighted by molar-refractivity contribution is -0.107. The summed E-state index contributed by atoms with van der Waals surface area (Å²) in [5, 5.41) is 2.63. The number of nitrogens with zero attached hydrogens (tertiary/aromatic N) is 1. The molecule has 0 unspecified atom stereocenters. The lowest BCUT2D eigenvalue weighted by Crippen LogP contribution is -2.40. The van der Waals surface area contributed by atoms with E-state index >= 15 is 0 Å². The van der Waals surface area contributed by atoms with Gasteiger partial charge in [-0.05, 0) is 6.08 Å². The number of carbonyl (C=O) groups excluding carboxylic acids is 2. The summed E-state index contributed by atoms with van der Waals surface area (Å²) in [6, 6.07) is -0.130. The molecule has 2 amide bonds. The smallest absolute Gasteiger partial charge is 0.321 e. The third kappa shape index (κ3) is 2.07. The summed E-state index contributed by atoms with van der Waals surface area (Å²) in [6.07, 6.45) is 4.72. The summed E-state index contributed by atoms with van der Waals surface area (Å²) in [5.41, 5.74) is 0. The van der Waals surface area contributed by atoms with Crippen LogP contribution in [0.1, 0.15) is 6.42 Å². The second kappa shape index (κ2) is 3.75. The molecule has 0 aromatic carbocycles. The Morgan fingerprint density at radius 2 is 2.55 bits per heavy atom. The topological polar surface area (TPSA) is 49.4 Å². The van der Waals surface area contributed by atoms with E-state index in [1.165, 1.54) is 4.90 Å². The first-order chi connectivity index (χ1) is 5.34. The van der Waals surface area contributed by atoms with Gasteiger partial charge in [-0.3, -0.25) is 0 Å². The molecule has 4 nitrogen and oxygen atoms in total. The molecule has 0 fully saturated rings. The van der Waals surface area contributed by atoms with E-state index in [2.05, 4.69) is 5.32 Å². The second-order valence-electron chi connectivity index (χ2n) is 2.22. The fourth-order valence-electron chi connectivity index (χ4n) is 0.863. The lowest BCUT2D eigenvalue weighted by Gasteiger charge is -2.20. The Morgan fingerprint density at radius 3 is 3.18 bits per heavy atom. The number of rotatable bonds is 3. The van der Waals surface area contributed by atoms with Crippen molar-refractivity contribution in [1.82, 2.24) is 10.2 Å².